The lowest BCUT2D eigenvalue weighted by Gasteiger charge is -2.23. The summed E-state index contributed by atoms with van der Waals surface area (Å²) in [6.45, 7) is 7.55. The van der Waals surface area contributed by atoms with E-state index in [2.05, 4.69) is 6.58 Å². The normalized spacial score (nSPS) is 13.1. The molecule has 22 heavy (non-hydrogen) atoms. The second-order valence-corrected chi connectivity index (χ2v) is 5.34. The van der Waals surface area contributed by atoms with E-state index in [-0.39, 0.29) is 12.3 Å². The fourth-order valence-electron chi connectivity index (χ4n) is 2.73. The maximum Gasteiger partial charge on any atom is 0.305 e. The van der Waals surface area contributed by atoms with Crippen LogP contribution in [0.3, 0.4) is 0 Å². The van der Waals surface area contributed by atoms with Gasteiger partial charge < -0.3 is 14.9 Å². The standard InChI is InChI=1S/C17H22N2O3/c1-3-5-9-19-15-7-6-14(11-13(15)12-16(19)20)18(4-2)10-8-17(21)22/h3,6-7,11H,1,4-5,8-10,12H2,2H3,(H,21,22). The predicted octanol–water partition coefficient (Wildman–Crippen LogP) is 2.45. The van der Waals surface area contributed by atoms with E-state index in [1.165, 1.54) is 0 Å². The largest absolute Gasteiger partial charge is 0.481 e. The smallest absolute Gasteiger partial charge is 0.305 e. The van der Waals surface area contributed by atoms with Crippen LogP contribution in [0.25, 0.3) is 0 Å². The maximum atomic E-state index is 12.1. The molecule has 0 bridgehead atoms. The number of hydrogen-bond donors (Lipinski definition) is 1. The highest BCUT2D eigenvalue weighted by Gasteiger charge is 2.27. The molecule has 1 amide bonds. The highest BCUT2D eigenvalue weighted by atomic mass is 16.4. The number of anilines is 2. The Kier molecular flexibility index (Phi) is 5.20. The van der Waals surface area contributed by atoms with Gasteiger partial charge in [0.1, 0.15) is 0 Å². The first-order valence-electron chi connectivity index (χ1n) is 7.57. The van der Waals surface area contributed by atoms with E-state index in [1.54, 1.807) is 4.90 Å². The van der Waals surface area contributed by atoms with Gasteiger partial charge in [-0.25, -0.2) is 0 Å². The summed E-state index contributed by atoms with van der Waals surface area (Å²) in [4.78, 5) is 26.7. The highest BCUT2D eigenvalue weighted by molar-refractivity contribution is 6.01. The van der Waals surface area contributed by atoms with Gasteiger partial charge in [0.25, 0.3) is 0 Å². The van der Waals surface area contributed by atoms with E-state index in [0.717, 1.165) is 29.9 Å². The van der Waals surface area contributed by atoms with E-state index in [9.17, 15) is 9.59 Å². The minimum absolute atomic E-state index is 0.106. The Hall–Kier alpha value is -2.30. The molecule has 0 radical (unpaired) electrons. The van der Waals surface area contributed by atoms with Crippen LogP contribution in [0.2, 0.25) is 0 Å². The van der Waals surface area contributed by atoms with Gasteiger partial charge in [-0.05, 0) is 37.1 Å². The SMILES string of the molecule is C=CCCN1C(=O)Cc2cc(N(CC)CCC(=O)O)ccc21. The molecule has 1 aromatic rings. The molecule has 1 aliphatic heterocycles. The molecule has 1 aliphatic rings. The third-order valence-electron chi connectivity index (χ3n) is 3.90. The minimum atomic E-state index is -0.801. The fourth-order valence-corrected chi connectivity index (χ4v) is 2.73. The van der Waals surface area contributed by atoms with Crippen molar-refractivity contribution in [3.63, 3.8) is 0 Å². The highest BCUT2D eigenvalue weighted by Crippen LogP contribution is 2.32. The molecule has 5 heteroatoms. The number of hydrogen-bond acceptors (Lipinski definition) is 3. The van der Waals surface area contributed by atoms with Gasteiger partial charge in [0, 0.05) is 31.0 Å². The zero-order chi connectivity index (χ0) is 16.1. The number of carbonyl (C=O) groups excluding carboxylic acids is 1. The molecule has 118 valence electrons. The van der Waals surface area contributed by atoms with Gasteiger partial charge in [-0.3, -0.25) is 9.59 Å². The van der Waals surface area contributed by atoms with Crippen molar-refractivity contribution >= 4 is 23.3 Å². The Labute approximate surface area is 130 Å². The van der Waals surface area contributed by atoms with E-state index < -0.39 is 5.97 Å². The van der Waals surface area contributed by atoms with Gasteiger partial charge in [0.2, 0.25) is 5.91 Å². The topological polar surface area (TPSA) is 60.9 Å². The summed E-state index contributed by atoms with van der Waals surface area (Å²) in [6, 6.07) is 5.93. The molecule has 1 N–H and O–H groups in total. The van der Waals surface area contributed by atoms with Crippen molar-refractivity contribution in [2.75, 3.05) is 29.4 Å². The second kappa shape index (κ2) is 7.11. The quantitative estimate of drug-likeness (QED) is 0.749. The van der Waals surface area contributed by atoms with Gasteiger partial charge in [0.05, 0.1) is 12.8 Å². The number of carboxylic acids is 1. The van der Waals surface area contributed by atoms with Crippen molar-refractivity contribution in [2.24, 2.45) is 0 Å². The van der Waals surface area contributed by atoms with Crippen molar-refractivity contribution in [3.8, 4) is 0 Å². The molecule has 0 atom stereocenters. The number of aliphatic carboxylic acids is 1. The molecule has 2 rings (SSSR count). The van der Waals surface area contributed by atoms with Crippen LogP contribution in [0.15, 0.2) is 30.9 Å². The molecule has 0 saturated carbocycles. The third-order valence-corrected chi connectivity index (χ3v) is 3.90. The third kappa shape index (κ3) is 3.47. The number of rotatable bonds is 8. The molecule has 0 aliphatic carbocycles. The summed E-state index contributed by atoms with van der Waals surface area (Å²) in [6.07, 6.45) is 3.10. The second-order valence-electron chi connectivity index (χ2n) is 5.34. The number of nitrogens with zero attached hydrogens (tertiary/aromatic N) is 2. The summed E-state index contributed by atoms with van der Waals surface area (Å²) < 4.78 is 0. The summed E-state index contributed by atoms with van der Waals surface area (Å²) in [7, 11) is 0. The van der Waals surface area contributed by atoms with Gasteiger partial charge >= 0.3 is 5.97 Å². The Morgan fingerprint density at radius 2 is 2.27 bits per heavy atom. The number of carbonyl (C=O) groups is 2. The van der Waals surface area contributed by atoms with Crippen LogP contribution in [-0.2, 0) is 16.0 Å². The monoisotopic (exact) mass is 302 g/mol. The molecule has 0 unspecified atom stereocenters. The molecule has 0 spiro atoms. The van der Waals surface area contributed by atoms with E-state index >= 15 is 0 Å². The van der Waals surface area contributed by atoms with Gasteiger partial charge in [-0.15, -0.1) is 6.58 Å². The van der Waals surface area contributed by atoms with Crippen LogP contribution in [0.1, 0.15) is 25.3 Å². The fraction of sp³-hybridized carbons (Fsp3) is 0.412. The Bertz CT molecular complexity index is 583. The van der Waals surface area contributed by atoms with Crippen molar-refractivity contribution in [1.82, 2.24) is 0 Å². The molecule has 0 saturated heterocycles. The molecule has 0 aromatic heterocycles. The predicted molar refractivity (Wildman–Crippen MR) is 87.5 cm³/mol. The Balaban J connectivity index is 2.18. The van der Waals surface area contributed by atoms with Crippen LogP contribution in [0.5, 0.6) is 0 Å². The van der Waals surface area contributed by atoms with Crippen LogP contribution in [0.4, 0.5) is 11.4 Å². The first-order chi connectivity index (χ1) is 10.6. The van der Waals surface area contributed by atoms with E-state index in [1.807, 2.05) is 36.1 Å². The van der Waals surface area contributed by atoms with E-state index in [0.29, 0.717) is 19.5 Å². The van der Waals surface area contributed by atoms with Crippen LogP contribution in [0, 0.1) is 0 Å². The summed E-state index contributed by atoms with van der Waals surface area (Å²) in [5.41, 5.74) is 2.95. The molecule has 0 fully saturated rings. The lowest BCUT2D eigenvalue weighted by Crippen LogP contribution is -2.27. The molecular weight excluding hydrogens is 280 g/mol. The van der Waals surface area contributed by atoms with Crippen LogP contribution < -0.4 is 9.80 Å². The van der Waals surface area contributed by atoms with E-state index in [4.69, 9.17) is 5.11 Å². The average Bonchev–Trinajstić information content (AvgIpc) is 2.80. The number of carboxylic acid groups (broad SMARTS) is 1. The average molecular weight is 302 g/mol. The molecule has 1 aromatic carbocycles. The zero-order valence-corrected chi connectivity index (χ0v) is 12.9. The minimum Gasteiger partial charge on any atom is -0.481 e. The first-order valence-corrected chi connectivity index (χ1v) is 7.57. The molecular formula is C17H22N2O3. The molecule has 5 nitrogen and oxygen atoms in total. The van der Waals surface area contributed by atoms with Gasteiger partial charge in [0.15, 0.2) is 0 Å². The van der Waals surface area contributed by atoms with Gasteiger partial charge in [-0.1, -0.05) is 6.08 Å². The van der Waals surface area contributed by atoms with Crippen molar-refractivity contribution in [2.45, 2.75) is 26.2 Å². The summed E-state index contributed by atoms with van der Waals surface area (Å²) in [5, 5.41) is 8.83. The maximum absolute atomic E-state index is 12.1. The Morgan fingerprint density at radius 3 is 2.91 bits per heavy atom. The van der Waals surface area contributed by atoms with Crippen LogP contribution in [-0.4, -0.2) is 36.6 Å². The first kappa shape index (κ1) is 16.1. The summed E-state index contributed by atoms with van der Waals surface area (Å²) >= 11 is 0. The van der Waals surface area contributed by atoms with Crippen molar-refractivity contribution < 1.29 is 14.7 Å². The summed E-state index contributed by atoms with van der Waals surface area (Å²) in [5.74, 6) is -0.687. The number of benzene rings is 1. The van der Waals surface area contributed by atoms with Crippen molar-refractivity contribution in [1.29, 1.82) is 0 Å². The lowest BCUT2D eigenvalue weighted by molar-refractivity contribution is -0.136. The van der Waals surface area contributed by atoms with Crippen molar-refractivity contribution in [3.05, 3.63) is 36.4 Å². The lowest BCUT2D eigenvalue weighted by atomic mass is 10.1. The Morgan fingerprint density at radius 1 is 1.50 bits per heavy atom. The van der Waals surface area contributed by atoms with Crippen LogP contribution >= 0.6 is 0 Å². The number of amides is 1. The molecule has 1 heterocycles. The van der Waals surface area contributed by atoms with Gasteiger partial charge in [-0.2, -0.15) is 0 Å². The zero-order valence-electron chi connectivity index (χ0n) is 12.9. The number of fused-ring (bicyclic) bond motifs is 1.